The van der Waals surface area contributed by atoms with Crippen molar-refractivity contribution in [3.8, 4) is 0 Å². The molecule has 1 saturated carbocycles. The lowest BCUT2D eigenvalue weighted by Gasteiger charge is -2.32. The maximum atomic E-state index is 14.0. The lowest BCUT2D eigenvalue weighted by molar-refractivity contribution is -0.119. The van der Waals surface area contributed by atoms with Crippen LogP contribution in [0.4, 0.5) is 11.4 Å². The van der Waals surface area contributed by atoms with Gasteiger partial charge in [-0.05, 0) is 61.0 Å². The summed E-state index contributed by atoms with van der Waals surface area (Å²) in [5, 5.41) is 0.694. The van der Waals surface area contributed by atoms with Crippen molar-refractivity contribution in [1.29, 1.82) is 0 Å². The number of likely N-dealkylation sites (N-methyl/N-ethyl adjacent to an activating group) is 1. The third kappa shape index (κ3) is 3.26. The zero-order chi connectivity index (χ0) is 23.4. The second-order valence-corrected chi connectivity index (χ2v) is 10.0. The van der Waals surface area contributed by atoms with Gasteiger partial charge >= 0.3 is 0 Å². The molecule has 6 heteroatoms. The van der Waals surface area contributed by atoms with E-state index < -0.39 is 5.41 Å². The van der Waals surface area contributed by atoms with Gasteiger partial charge in [0.15, 0.2) is 0 Å². The first-order valence-corrected chi connectivity index (χ1v) is 12.1. The molecule has 2 heterocycles. The van der Waals surface area contributed by atoms with E-state index in [9.17, 15) is 9.59 Å². The van der Waals surface area contributed by atoms with E-state index in [0.717, 1.165) is 55.1 Å². The highest BCUT2D eigenvalue weighted by molar-refractivity contribution is 6.30. The molecule has 34 heavy (non-hydrogen) atoms. The molecular formula is C28H26ClN3O2. The number of fused-ring (bicyclic) bond motifs is 2. The normalized spacial score (nSPS) is 23.9. The Balaban J connectivity index is 1.34. The van der Waals surface area contributed by atoms with Crippen molar-refractivity contribution in [2.75, 3.05) is 38.1 Å². The minimum Gasteiger partial charge on any atom is -0.336 e. The third-order valence-corrected chi connectivity index (χ3v) is 7.84. The van der Waals surface area contributed by atoms with Gasteiger partial charge in [-0.15, -0.1) is 0 Å². The van der Waals surface area contributed by atoms with Crippen molar-refractivity contribution >= 4 is 34.8 Å². The van der Waals surface area contributed by atoms with Crippen LogP contribution in [0, 0.1) is 0 Å². The van der Waals surface area contributed by atoms with Crippen LogP contribution in [0.1, 0.15) is 33.8 Å². The monoisotopic (exact) mass is 471 g/mol. The smallest absolute Gasteiger partial charge is 0.254 e. The summed E-state index contributed by atoms with van der Waals surface area (Å²) in [6.45, 7) is 3.18. The van der Waals surface area contributed by atoms with Crippen LogP contribution < -0.4 is 4.90 Å². The number of benzene rings is 3. The molecule has 0 aromatic heterocycles. The van der Waals surface area contributed by atoms with Crippen LogP contribution in [0.2, 0.25) is 5.02 Å². The predicted molar refractivity (Wildman–Crippen MR) is 134 cm³/mol. The highest BCUT2D eigenvalue weighted by Crippen LogP contribution is 2.67. The van der Waals surface area contributed by atoms with Gasteiger partial charge in [0.05, 0.1) is 11.1 Å². The summed E-state index contributed by atoms with van der Waals surface area (Å²) in [6.07, 6.45) is 0.779. The van der Waals surface area contributed by atoms with E-state index in [1.54, 1.807) is 0 Å². The molecule has 5 nitrogen and oxygen atoms in total. The lowest BCUT2D eigenvalue weighted by Crippen LogP contribution is -2.47. The van der Waals surface area contributed by atoms with Crippen LogP contribution in [-0.2, 0) is 10.2 Å². The second-order valence-electron chi connectivity index (χ2n) is 9.58. The largest absolute Gasteiger partial charge is 0.336 e. The van der Waals surface area contributed by atoms with Gasteiger partial charge in [0.1, 0.15) is 0 Å². The minimum atomic E-state index is -0.554. The molecule has 2 fully saturated rings. The Kier molecular flexibility index (Phi) is 5.01. The lowest BCUT2D eigenvalue weighted by atomic mass is 9.92. The van der Waals surface area contributed by atoms with Gasteiger partial charge in [-0.1, -0.05) is 48.0 Å². The molecule has 3 aromatic rings. The fourth-order valence-corrected chi connectivity index (χ4v) is 5.72. The average Bonchev–Trinajstić information content (AvgIpc) is 3.56. The van der Waals surface area contributed by atoms with Crippen molar-refractivity contribution in [1.82, 2.24) is 9.80 Å². The summed E-state index contributed by atoms with van der Waals surface area (Å²) in [4.78, 5) is 33.2. The van der Waals surface area contributed by atoms with Crippen LogP contribution in [0.25, 0.3) is 0 Å². The van der Waals surface area contributed by atoms with E-state index in [-0.39, 0.29) is 17.7 Å². The highest BCUT2D eigenvalue weighted by atomic mass is 35.5. The molecule has 2 atom stereocenters. The number of rotatable bonds is 3. The number of hydrogen-bond donors (Lipinski definition) is 0. The van der Waals surface area contributed by atoms with Gasteiger partial charge in [-0.25, -0.2) is 0 Å². The molecule has 3 aromatic carbocycles. The molecule has 1 spiro atoms. The Bertz CT molecular complexity index is 1280. The van der Waals surface area contributed by atoms with Crippen LogP contribution in [0.3, 0.4) is 0 Å². The van der Waals surface area contributed by atoms with Gasteiger partial charge in [-0.3, -0.25) is 14.5 Å². The molecule has 2 aliphatic heterocycles. The second kappa shape index (κ2) is 7.97. The van der Waals surface area contributed by atoms with E-state index >= 15 is 0 Å². The molecule has 2 amide bonds. The van der Waals surface area contributed by atoms with E-state index in [0.29, 0.717) is 10.6 Å². The number of amides is 2. The van der Waals surface area contributed by atoms with Crippen molar-refractivity contribution in [3.05, 3.63) is 94.5 Å². The molecule has 0 N–H and O–H groups in total. The summed E-state index contributed by atoms with van der Waals surface area (Å²) in [5.74, 6) is 0.228. The van der Waals surface area contributed by atoms with Crippen LogP contribution in [0.15, 0.2) is 72.8 Å². The zero-order valence-electron chi connectivity index (χ0n) is 19.1. The maximum Gasteiger partial charge on any atom is 0.254 e. The number of halogens is 1. The van der Waals surface area contributed by atoms with Gasteiger partial charge < -0.3 is 9.80 Å². The molecule has 1 saturated heterocycles. The first kappa shape index (κ1) is 21.4. The highest BCUT2D eigenvalue weighted by Gasteiger charge is 2.67. The molecule has 172 valence electrons. The van der Waals surface area contributed by atoms with E-state index in [1.165, 1.54) is 0 Å². The molecular weight excluding hydrogens is 446 g/mol. The first-order valence-electron chi connectivity index (χ1n) is 11.8. The van der Waals surface area contributed by atoms with Gasteiger partial charge in [0.25, 0.3) is 5.91 Å². The first-order chi connectivity index (χ1) is 16.5. The summed E-state index contributed by atoms with van der Waals surface area (Å²) in [5.41, 5.74) is 3.92. The van der Waals surface area contributed by atoms with Crippen molar-refractivity contribution in [2.45, 2.75) is 17.8 Å². The van der Waals surface area contributed by atoms with Crippen LogP contribution >= 0.6 is 11.6 Å². The standard InChI is InChI=1S/C28H26ClN3O2/c1-30-13-15-31(16-14-30)26(33)20-5-4-6-22(17-20)32-25-8-3-2-7-23(25)28(27(32)34)18-24(28)19-9-11-21(29)12-10-19/h2-12,17,24H,13-16,18H2,1H3/t24-,28-/m0/s1. The molecule has 0 bridgehead atoms. The summed E-state index contributed by atoms with van der Waals surface area (Å²) in [7, 11) is 2.07. The van der Waals surface area contributed by atoms with Crippen molar-refractivity contribution < 1.29 is 9.59 Å². The molecule has 6 rings (SSSR count). The number of piperazine rings is 1. The Morgan fingerprint density at radius 1 is 0.941 bits per heavy atom. The SMILES string of the molecule is CN1CCN(C(=O)c2cccc(N3C(=O)[C@@]4(C[C@H]4c4ccc(Cl)cc4)c4ccccc43)c2)CC1. The van der Waals surface area contributed by atoms with Gasteiger partial charge in [0.2, 0.25) is 5.91 Å². The van der Waals surface area contributed by atoms with E-state index in [4.69, 9.17) is 11.6 Å². The van der Waals surface area contributed by atoms with Gasteiger partial charge in [-0.2, -0.15) is 0 Å². The third-order valence-electron chi connectivity index (χ3n) is 7.59. The fourth-order valence-electron chi connectivity index (χ4n) is 5.59. The van der Waals surface area contributed by atoms with E-state index in [2.05, 4.69) is 18.0 Å². The topological polar surface area (TPSA) is 43.9 Å². The molecule has 0 unspecified atom stereocenters. The minimum absolute atomic E-state index is 0.0232. The number of carbonyl (C=O) groups is 2. The molecule has 1 aliphatic carbocycles. The maximum absolute atomic E-state index is 14.0. The Morgan fingerprint density at radius 3 is 2.44 bits per heavy atom. The number of para-hydroxylation sites is 1. The number of anilines is 2. The number of carbonyl (C=O) groups excluding carboxylic acids is 2. The van der Waals surface area contributed by atoms with Crippen LogP contribution in [-0.4, -0.2) is 54.8 Å². The Morgan fingerprint density at radius 2 is 1.68 bits per heavy atom. The number of nitrogens with zero attached hydrogens (tertiary/aromatic N) is 3. The van der Waals surface area contributed by atoms with Crippen molar-refractivity contribution in [3.63, 3.8) is 0 Å². The molecule has 3 aliphatic rings. The summed E-state index contributed by atoms with van der Waals surface area (Å²) >= 11 is 6.10. The predicted octanol–water partition coefficient (Wildman–Crippen LogP) is 4.83. The summed E-state index contributed by atoms with van der Waals surface area (Å²) in [6, 6.07) is 23.4. The summed E-state index contributed by atoms with van der Waals surface area (Å²) < 4.78 is 0. The quantitative estimate of drug-likeness (QED) is 0.549. The van der Waals surface area contributed by atoms with Crippen LogP contribution in [0.5, 0.6) is 0 Å². The zero-order valence-corrected chi connectivity index (χ0v) is 19.8. The fraction of sp³-hybridized carbons (Fsp3) is 0.286. The van der Waals surface area contributed by atoms with Crippen molar-refractivity contribution in [2.24, 2.45) is 0 Å². The van der Waals surface area contributed by atoms with Gasteiger partial charge in [0, 0.05) is 48.4 Å². The molecule has 0 radical (unpaired) electrons. The Hall–Kier alpha value is -3.15. The van der Waals surface area contributed by atoms with E-state index in [1.807, 2.05) is 76.5 Å². The Labute approximate surface area is 204 Å². The average molecular weight is 472 g/mol. The number of hydrogen-bond acceptors (Lipinski definition) is 3.